The lowest BCUT2D eigenvalue weighted by atomic mass is 9.80. The van der Waals surface area contributed by atoms with Crippen LogP contribution in [0.3, 0.4) is 0 Å². The minimum atomic E-state index is 0.743. The third kappa shape index (κ3) is 4.20. The van der Waals surface area contributed by atoms with E-state index in [0.717, 1.165) is 30.5 Å². The molecule has 0 bridgehead atoms. The Labute approximate surface area is 131 Å². The molecule has 122 valence electrons. The van der Waals surface area contributed by atoms with Gasteiger partial charge in [-0.1, -0.05) is 20.3 Å². The maximum absolute atomic E-state index is 3.77. The SMILES string of the molecule is CCNC1CCC(CC)CC1N1CCN(CC2CC2)CC1. The molecule has 3 nitrogen and oxygen atoms in total. The van der Waals surface area contributed by atoms with Gasteiger partial charge in [0.1, 0.15) is 0 Å². The third-order valence-corrected chi connectivity index (χ3v) is 6.06. The average molecular weight is 293 g/mol. The van der Waals surface area contributed by atoms with Gasteiger partial charge in [0, 0.05) is 44.8 Å². The molecule has 0 spiro atoms. The standard InChI is InChI=1S/C18H35N3/c1-3-15-7-8-17(19-4-2)18(13-15)21-11-9-20(10-12-21)14-16-5-6-16/h15-19H,3-14H2,1-2H3. The fourth-order valence-electron chi connectivity index (χ4n) is 4.45. The van der Waals surface area contributed by atoms with E-state index in [1.165, 1.54) is 71.2 Å². The summed E-state index contributed by atoms with van der Waals surface area (Å²) in [5.41, 5.74) is 0. The Morgan fingerprint density at radius 2 is 1.62 bits per heavy atom. The molecule has 2 saturated carbocycles. The van der Waals surface area contributed by atoms with Crippen LogP contribution in [-0.2, 0) is 0 Å². The minimum Gasteiger partial charge on any atom is -0.313 e. The van der Waals surface area contributed by atoms with E-state index in [-0.39, 0.29) is 0 Å². The van der Waals surface area contributed by atoms with E-state index >= 15 is 0 Å². The summed E-state index contributed by atoms with van der Waals surface area (Å²) in [5.74, 6) is 2.01. The molecule has 1 aliphatic heterocycles. The van der Waals surface area contributed by atoms with Gasteiger partial charge in [0.05, 0.1) is 0 Å². The summed E-state index contributed by atoms with van der Waals surface area (Å²) in [7, 11) is 0. The van der Waals surface area contributed by atoms with E-state index in [4.69, 9.17) is 0 Å². The number of piperazine rings is 1. The third-order valence-electron chi connectivity index (χ3n) is 6.06. The van der Waals surface area contributed by atoms with Crippen LogP contribution in [0.25, 0.3) is 0 Å². The Hall–Kier alpha value is -0.120. The molecule has 1 saturated heterocycles. The Morgan fingerprint density at radius 1 is 0.905 bits per heavy atom. The van der Waals surface area contributed by atoms with Crippen molar-refractivity contribution in [2.24, 2.45) is 11.8 Å². The summed E-state index contributed by atoms with van der Waals surface area (Å²) in [6, 6.07) is 1.54. The molecule has 3 fully saturated rings. The van der Waals surface area contributed by atoms with Gasteiger partial charge >= 0.3 is 0 Å². The molecule has 2 aliphatic carbocycles. The number of nitrogens with zero attached hydrogens (tertiary/aromatic N) is 2. The van der Waals surface area contributed by atoms with E-state index in [1.54, 1.807) is 0 Å². The monoisotopic (exact) mass is 293 g/mol. The molecule has 3 aliphatic rings. The van der Waals surface area contributed by atoms with Gasteiger partial charge in [0.25, 0.3) is 0 Å². The predicted octanol–water partition coefficient (Wildman–Crippen LogP) is 2.57. The summed E-state index contributed by atoms with van der Waals surface area (Å²) in [4.78, 5) is 5.54. The highest BCUT2D eigenvalue weighted by molar-refractivity contribution is 4.93. The molecule has 3 heteroatoms. The molecule has 3 unspecified atom stereocenters. The Kier molecular flexibility index (Phi) is 5.58. The number of likely N-dealkylation sites (N-methyl/N-ethyl adjacent to an activating group) is 1. The van der Waals surface area contributed by atoms with Crippen LogP contribution in [0.2, 0.25) is 0 Å². The van der Waals surface area contributed by atoms with E-state index in [2.05, 4.69) is 29.0 Å². The summed E-state index contributed by atoms with van der Waals surface area (Å²) in [6.07, 6.45) is 8.60. The highest BCUT2D eigenvalue weighted by atomic mass is 15.3. The minimum absolute atomic E-state index is 0.743. The zero-order chi connectivity index (χ0) is 14.7. The van der Waals surface area contributed by atoms with Crippen LogP contribution >= 0.6 is 0 Å². The normalized spacial score (nSPS) is 36.0. The quantitative estimate of drug-likeness (QED) is 0.812. The molecular formula is C18H35N3. The number of hydrogen-bond donors (Lipinski definition) is 1. The van der Waals surface area contributed by atoms with Gasteiger partial charge in [-0.25, -0.2) is 0 Å². The van der Waals surface area contributed by atoms with Gasteiger partial charge in [-0.2, -0.15) is 0 Å². The first kappa shape index (κ1) is 15.8. The van der Waals surface area contributed by atoms with Crippen molar-refractivity contribution in [2.75, 3.05) is 39.3 Å². The summed E-state index contributed by atoms with van der Waals surface area (Å²) in [6.45, 7) is 12.4. The largest absolute Gasteiger partial charge is 0.313 e. The molecule has 1 N–H and O–H groups in total. The molecule has 21 heavy (non-hydrogen) atoms. The maximum Gasteiger partial charge on any atom is 0.0253 e. The van der Waals surface area contributed by atoms with Gasteiger partial charge in [0.15, 0.2) is 0 Å². The molecule has 0 radical (unpaired) electrons. The van der Waals surface area contributed by atoms with Crippen molar-refractivity contribution in [1.29, 1.82) is 0 Å². The van der Waals surface area contributed by atoms with Crippen LogP contribution in [0, 0.1) is 11.8 Å². The molecule has 0 amide bonds. The summed E-state index contributed by atoms with van der Waals surface area (Å²) < 4.78 is 0. The van der Waals surface area contributed by atoms with Crippen molar-refractivity contribution in [3.05, 3.63) is 0 Å². The van der Waals surface area contributed by atoms with Crippen LogP contribution in [0.4, 0.5) is 0 Å². The fraction of sp³-hybridized carbons (Fsp3) is 1.00. The van der Waals surface area contributed by atoms with Gasteiger partial charge in [0.2, 0.25) is 0 Å². The van der Waals surface area contributed by atoms with Crippen molar-refractivity contribution in [2.45, 2.75) is 64.5 Å². The fourth-order valence-corrected chi connectivity index (χ4v) is 4.45. The topological polar surface area (TPSA) is 18.5 Å². The van der Waals surface area contributed by atoms with E-state index < -0.39 is 0 Å². The zero-order valence-electron chi connectivity index (χ0n) is 14.2. The van der Waals surface area contributed by atoms with Crippen molar-refractivity contribution >= 4 is 0 Å². The van der Waals surface area contributed by atoms with E-state index in [9.17, 15) is 0 Å². The molecule has 0 aromatic heterocycles. The number of hydrogen-bond acceptors (Lipinski definition) is 3. The van der Waals surface area contributed by atoms with Crippen molar-refractivity contribution in [3.63, 3.8) is 0 Å². The molecule has 3 atom stereocenters. The van der Waals surface area contributed by atoms with Crippen LogP contribution in [0.5, 0.6) is 0 Å². The number of nitrogens with one attached hydrogen (secondary N) is 1. The van der Waals surface area contributed by atoms with Crippen LogP contribution in [0.15, 0.2) is 0 Å². The summed E-state index contributed by atoms with van der Waals surface area (Å²) >= 11 is 0. The molecule has 0 aromatic carbocycles. The van der Waals surface area contributed by atoms with Gasteiger partial charge in [-0.3, -0.25) is 4.90 Å². The number of rotatable bonds is 6. The lowest BCUT2D eigenvalue weighted by molar-refractivity contribution is 0.0462. The highest BCUT2D eigenvalue weighted by Gasteiger charge is 2.35. The van der Waals surface area contributed by atoms with Gasteiger partial charge < -0.3 is 10.2 Å². The lowest BCUT2D eigenvalue weighted by Gasteiger charge is -2.46. The van der Waals surface area contributed by atoms with Gasteiger partial charge in [-0.15, -0.1) is 0 Å². The smallest absolute Gasteiger partial charge is 0.0253 e. The second-order valence-electron chi connectivity index (χ2n) is 7.60. The van der Waals surface area contributed by atoms with Crippen LogP contribution < -0.4 is 5.32 Å². The predicted molar refractivity (Wildman–Crippen MR) is 89.6 cm³/mol. The average Bonchev–Trinajstić information content (AvgIpc) is 3.33. The van der Waals surface area contributed by atoms with Gasteiger partial charge in [-0.05, 0) is 50.5 Å². The second-order valence-corrected chi connectivity index (χ2v) is 7.60. The molecule has 0 aromatic rings. The zero-order valence-corrected chi connectivity index (χ0v) is 14.2. The molecule has 1 heterocycles. The Morgan fingerprint density at radius 3 is 2.24 bits per heavy atom. The Balaban J connectivity index is 1.52. The summed E-state index contributed by atoms with van der Waals surface area (Å²) in [5, 5.41) is 3.77. The van der Waals surface area contributed by atoms with Crippen molar-refractivity contribution in [1.82, 2.24) is 15.1 Å². The molecule has 3 rings (SSSR count). The van der Waals surface area contributed by atoms with Crippen molar-refractivity contribution in [3.8, 4) is 0 Å². The van der Waals surface area contributed by atoms with Crippen LogP contribution in [-0.4, -0.2) is 61.2 Å². The second kappa shape index (κ2) is 7.43. The van der Waals surface area contributed by atoms with Crippen molar-refractivity contribution < 1.29 is 0 Å². The highest BCUT2D eigenvalue weighted by Crippen LogP contribution is 2.32. The Bertz CT molecular complexity index is 308. The van der Waals surface area contributed by atoms with E-state index in [1.807, 2.05) is 0 Å². The lowest BCUT2D eigenvalue weighted by Crippen LogP contribution is -2.58. The first-order valence-corrected chi connectivity index (χ1v) is 9.50. The van der Waals surface area contributed by atoms with Crippen LogP contribution in [0.1, 0.15) is 52.4 Å². The first-order chi connectivity index (χ1) is 10.3. The first-order valence-electron chi connectivity index (χ1n) is 9.50. The van der Waals surface area contributed by atoms with E-state index in [0.29, 0.717) is 0 Å². The molecular weight excluding hydrogens is 258 g/mol. The maximum atomic E-state index is 3.77.